The van der Waals surface area contributed by atoms with Crippen LogP contribution in [0.4, 0.5) is 0 Å². The second-order valence-electron chi connectivity index (χ2n) is 5.71. The molecule has 1 aromatic heterocycles. The van der Waals surface area contributed by atoms with Crippen molar-refractivity contribution in [1.82, 2.24) is 20.7 Å². The zero-order chi connectivity index (χ0) is 14.5. The summed E-state index contributed by atoms with van der Waals surface area (Å²) in [5.41, 5.74) is 1.03. The molecule has 116 valence electrons. The predicted molar refractivity (Wildman–Crippen MR) is 84.6 cm³/mol. The van der Waals surface area contributed by atoms with Gasteiger partial charge in [-0.05, 0) is 13.5 Å². The summed E-state index contributed by atoms with van der Waals surface area (Å²) in [7, 11) is 2.00. The van der Waals surface area contributed by atoms with Crippen LogP contribution >= 0.6 is 0 Å². The highest BCUT2D eigenvalue weighted by molar-refractivity contribution is 4.98. The topological polar surface area (TPSA) is 53.6 Å². The molecule has 1 aromatic rings. The molecule has 0 aliphatic carbocycles. The number of nitrogens with zero attached hydrogens (tertiary/aromatic N) is 2. The molecule has 0 bridgehead atoms. The minimum Gasteiger partial charge on any atom is -0.312 e. The maximum absolute atomic E-state index is 4.15. The van der Waals surface area contributed by atoms with E-state index in [0.29, 0.717) is 6.04 Å². The zero-order valence-electron chi connectivity index (χ0n) is 13.3. The zero-order valence-corrected chi connectivity index (χ0v) is 13.3. The Balaban J connectivity index is 1.91. The van der Waals surface area contributed by atoms with E-state index in [0.717, 1.165) is 12.1 Å². The molecule has 1 unspecified atom stereocenters. The van der Waals surface area contributed by atoms with Crippen molar-refractivity contribution in [1.29, 1.82) is 0 Å². The fourth-order valence-corrected chi connectivity index (χ4v) is 2.65. The molecule has 0 saturated heterocycles. The van der Waals surface area contributed by atoms with Crippen molar-refractivity contribution in [2.45, 2.75) is 83.6 Å². The lowest BCUT2D eigenvalue weighted by atomic mass is 10.0. The Labute approximate surface area is 124 Å². The first-order chi connectivity index (χ1) is 9.88. The molecule has 0 aromatic carbocycles. The van der Waals surface area contributed by atoms with Gasteiger partial charge < -0.3 is 5.32 Å². The van der Waals surface area contributed by atoms with Gasteiger partial charge in [0.1, 0.15) is 0 Å². The molecule has 1 heterocycles. The van der Waals surface area contributed by atoms with E-state index in [-0.39, 0.29) is 0 Å². The van der Waals surface area contributed by atoms with Crippen LogP contribution in [0.1, 0.15) is 89.3 Å². The largest absolute Gasteiger partial charge is 0.312 e. The van der Waals surface area contributed by atoms with Gasteiger partial charge in [-0.2, -0.15) is 15.4 Å². The maximum atomic E-state index is 4.15. The van der Waals surface area contributed by atoms with Crippen molar-refractivity contribution in [3.8, 4) is 0 Å². The lowest BCUT2D eigenvalue weighted by molar-refractivity contribution is 0.484. The summed E-state index contributed by atoms with van der Waals surface area (Å²) in [5, 5.41) is 14.0. The number of unbranched alkanes of at least 4 members (excludes halogenated alkanes) is 9. The first kappa shape index (κ1) is 17.2. The van der Waals surface area contributed by atoms with Crippen molar-refractivity contribution >= 4 is 0 Å². The summed E-state index contributed by atoms with van der Waals surface area (Å²) in [5.74, 6) is 0. The van der Waals surface area contributed by atoms with E-state index in [1.54, 1.807) is 0 Å². The Morgan fingerprint density at radius 1 is 1.00 bits per heavy atom. The van der Waals surface area contributed by atoms with Crippen LogP contribution in [-0.2, 0) is 0 Å². The van der Waals surface area contributed by atoms with Crippen LogP contribution in [0.3, 0.4) is 0 Å². The molecule has 0 aliphatic rings. The molecule has 0 radical (unpaired) electrons. The average molecular weight is 280 g/mol. The van der Waals surface area contributed by atoms with E-state index in [1.165, 1.54) is 64.2 Å². The number of hydrogen-bond donors (Lipinski definition) is 2. The van der Waals surface area contributed by atoms with Gasteiger partial charge in [0.25, 0.3) is 0 Å². The van der Waals surface area contributed by atoms with E-state index in [9.17, 15) is 0 Å². The number of H-pyrrole nitrogens is 1. The van der Waals surface area contributed by atoms with Gasteiger partial charge in [-0.1, -0.05) is 71.1 Å². The molecular formula is C16H32N4. The number of rotatable bonds is 13. The molecule has 0 amide bonds. The highest BCUT2D eigenvalue weighted by Gasteiger charge is 2.10. The van der Waals surface area contributed by atoms with E-state index in [2.05, 4.69) is 27.7 Å². The van der Waals surface area contributed by atoms with Gasteiger partial charge in [0.15, 0.2) is 0 Å². The van der Waals surface area contributed by atoms with Gasteiger partial charge in [-0.25, -0.2) is 0 Å². The lowest BCUT2D eigenvalue weighted by Crippen LogP contribution is -2.16. The summed E-state index contributed by atoms with van der Waals surface area (Å²) >= 11 is 0. The standard InChI is InChI=1S/C16H32N4/c1-3-4-5-6-7-8-9-10-11-12-13-15(17-2)16-14-18-20-19-16/h14-15,17H,3-13H2,1-2H3,(H,18,19,20). The van der Waals surface area contributed by atoms with Crippen LogP contribution in [-0.4, -0.2) is 22.5 Å². The summed E-state index contributed by atoms with van der Waals surface area (Å²) in [6.07, 6.45) is 16.8. The minimum absolute atomic E-state index is 0.350. The van der Waals surface area contributed by atoms with Crippen LogP contribution in [0.2, 0.25) is 0 Å². The monoisotopic (exact) mass is 280 g/mol. The van der Waals surface area contributed by atoms with Crippen molar-refractivity contribution in [3.63, 3.8) is 0 Å². The molecule has 20 heavy (non-hydrogen) atoms. The average Bonchev–Trinajstić information content (AvgIpc) is 2.99. The number of aromatic amines is 1. The maximum Gasteiger partial charge on any atom is 0.0993 e. The molecule has 1 rings (SSSR count). The van der Waals surface area contributed by atoms with Gasteiger partial charge in [0, 0.05) is 0 Å². The molecule has 0 saturated carbocycles. The third-order valence-corrected chi connectivity index (χ3v) is 3.99. The van der Waals surface area contributed by atoms with E-state index in [1.807, 2.05) is 13.2 Å². The molecule has 0 spiro atoms. The van der Waals surface area contributed by atoms with E-state index < -0.39 is 0 Å². The van der Waals surface area contributed by atoms with Gasteiger partial charge in [-0.3, -0.25) is 0 Å². The van der Waals surface area contributed by atoms with Crippen molar-refractivity contribution in [2.75, 3.05) is 7.05 Å². The third-order valence-electron chi connectivity index (χ3n) is 3.99. The molecule has 0 fully saturated rings. The normalized spacial score (nSPS) is 12.7. The van der Waals surface area contributed by atoms with Gasteiger partial charge >= 0.3 is 0 Å². The van der Waals surface area contributed by atoms with Gasteiger partial charge in [-0.15, -0.1) is 0 Å². The SMILES string of the molecule is CCCCCCCCCCCCC(NC)c1cn[nH]n1. The Kier molecular flexibility index (Phi) is 10.2. The Hall–Kier alpha value is -0.900. The van der Waals surface area contributed by atoms with Crippen LogP contribution in [0, 0.1) is 0 Å². The Morgan fingerprint density at radius 2 is 1.60 bits per heavy atom. The van der Waals surface area contributed by atoms with Crippen molar-refractivity contribution in [2.24, 2.45) is 0 Å². The van der Waals surface area contributed by atoms with Crippen LogP contribution in [0.5, 0.6) is 0 Å². The predicted octanol–water partition coefficient (Wildman–Crippen LogP) is 4.38. The molecular weight excluding hydrogens is 248 g/mol. The molecule has 4 heteroatoms. The lowest BCUT2D eigenvalue weighted by Gasteiger charge is -2.12. The van der Waals surface area contributed by atoms with Gasteiger partial charge in [0.2, 0.25) is 0 Å². The number of hydrogen-bond acceptors (Lipinski definition) is 3. The van der Waals surface area contributed by atoms with Crippen molar-refractivity contribution < 1.29 is 0 Å². The fourth-order valence-electron chi connectivity index (χ4n) is 2.65. The second kappa shape index (κ2) is 11.9. The van der Waals surface area contributed by atoms with E-state index in [4.69, 9.17) is 0 Å². The van der Waals surface area contributed by atoms with Crippen LogP contribution in [0.25, 0.3) is 0 Å². The fraction of sp³-hybridized carbons (Fsp3) is 0.875. The third kappa shape index (κ3) is 7.63. The quantitative estimate of drug-likeness (QED) is 0.527. The Morgan fingerprint density at radius 3 is 2.10 bits per heavy atom. The second-order valence-corrected chi connectivity index (χ2v) is 5.71. The summed E-state index contributed by atoms with van der Waals surface area (Å²) in [6, 6.07) is 0.350. The van der Waals surface area contributed by atoms with E-state index >= 15 is 0 Å². The summed E-state index contributed by atoms with van der Waals surface area (Å²) in [4.78, 5) is 0. The summed E-state index contributed by atoms with van der Waals surface area (Å²) in [6.45, 7) is 2.28. The smallest absolute Gasteiger partial charge is 0.0993 e. The molecule has 2 N–H and O–H groups in total. The molecule has 1 atom stereocenters. The highest BCUT2D eigenvalue weighted by Crippen LogP contribution is 2.17. The minimum atomic E-state index is 0.350. The molecule has 4 nitrogen and oxygen atoms in total. The van der Waals surface area contributed by atoms with Gasteiger partial charge in [0.05, 0.1) is 17.9 Å². The number of nitrogens with one attached hydrogen (secondary N) is 2. The first-order valence-corrected chi connectivity index (χ1v) is 8.41. The highest BCUT2D eigenvalue weighted by atomic mass is 15.3. The van der Waals surface area contributed by atoms with Crippen LogP contribution < -0.4 is 5.32 Å². The first-order valence-electron chi connectivity index (χ1n) is 8.41. The number of aromatic nitrogens is 3. The van der Waals surface area contributed by atoms with Crippen molar-refractivity contribution in [3.05, 3.63) is 11.9 Å². The molecule has 0 aliphatic heterocycles. The van der Waals surface area contributed by atoms with Crippen LogP contribution in [0.15, 0.2) is 6.20 Å². The summed E-state index contributed by atoms with van der Waals surface area (Å²) < 4.78 is 0. The Bertz CT molecular complexity index is 297.